The number of amides is 3. The summed E-state index contributed by atoms with van der Waals surface area (Å²) >= 11 is 0. The summed E-state index contributed by atoms with van der Waals surface area (Å²) in [5, 5.41) is 14.8. The Kier molecular flexibility index (Phi) is 8.32. The molecule has 3 rings (SSSR count). The number of benzene rings is 2. The van der Waals surface area contributed by atoms with E-state index in [0.717, 1.165) is 37.2 Å². The van der Waals surface area contributed by atoms with E-state index in [0.29, 0.717) is 43.1 Å². The minimum Gasteiger partial charge on any atom is -0.493 e. The molecule has 2 N–H and O–H groups in total. The second kappa shape index (κ2) is 11.6. The van der Waals surface area contributed by atoms with Crippen molar-refractivity contribution in [2.24, 2.45) is 0 Å². The van der Waals surface area contributed by atoms with Crippen LogP contribution in [0.15, 0.2) is 42.5 Å². The minimum absolute atomic E-state index is 0.0769. The van der Waals surface area contributed by atoms with Gasteiger partial charge in [-0.2, -0.15) is 5.26 Å². The first-order chi connectivity index (χ1) is 15.6. The maximum atomic E-state index is 12.2. The largest absolute Gasteiger partial charge is 0.493 e. The van der Waals surface area contributed by atoms with E-state index in [1.807, 2.05) is 29.2 Å². The first-order valence-corrected chi connectivity index (χ1v) is 10.7. The van der Waals surface area contributed by atoms with Crippen LogP contribution in [-0.2, 0) is 11.3 Å². The SMILES string of the molecule is COc1cc(C#N)ccc1OCCCC(=O)NCc1cccc(NC(=O)N2CCCC2)c1. The van der Waals surface area contributed by atoms with Crippen molar-refractivity contribution in [1.29, 1.82) is 5.26 Å². The lowest BCUT2D eigenvalue weighted by molar-refractivity contribution is -0.121. The average Bonchev–Trinajstić information content (AvgIpc) is 3.36. The Bertz CT molecular complexity index is 980. The summed E-state index contributed by atoms with van der Waals surface area (Å²) in [6.45, 7) is 2.33. The van der Waals surface area contributed by atoms with Gasteiger partial charge in [-0.25, -0.2) is 4.79 Å². The summed E-state index contributed by atoms with van der Waals surface area (Å²) in [5.74, 6) is 0.955. The predicted molar refractivity (Wildman–Crippen MR) is 121 cm³/mol. The molecule has 0 atom stereocenters. The number of nitrogens with zero attached hydrogens (tertiary/aromatic N) is 2. The molecule has 1 saturated heterocycles. The van der Waals surface area contributed by atoms with Crippen LogP contribution < -0.4 is 20.1 Å². The third-order valence-electron chi connectivity index (χ3n) is 5.16. The normalized spacial score (nSPS) is 12.7. The fourth-order valence-corrected chi connectivity index (χ4v) is 3.44. The molecule has 1 heterocycles. The van der Waals surface area contributed by atoms with E-state index >= 15 is 0 Å². The van der Waals surface area contributed by atoms with Crippen molar-refractivity contribution < 1.29 is 19.1 Å². The van der Waals surface area contributed by atoms with E-state index < -0.39 is 0 Å². The average molecular weight is 437 g/mol. The first-order valence-electron chi connectivity index (χ1n) is 10.7. The highest BCUT2D eigenvalue weighted by Crippen LogP contribution is 2.28. The van der Waals surface area contributed by atoms with Gasteiger partial charge in [0, 0.05) is 37.8 Å². The van der Waals surface area contributed by atoms with Gasteiger partial charge in [0.25, 0.3) is 0 Å². The molecule has 0 radical (unpaired) electrons. The van der Waals surface area contributed by atoms with Crippen molar-refractivity contribution in [2.45, 2.75) is 32.2 Å². The molecule has 0 saturated carbocycles. The zero-order valence-electron chi connectivity index (χ0n) is 18.2. The number of methoxy groups -OCH3 is 1. The van der Waals surface area contributed by atoms with Gasteiger partial charge in [0.05, 0.1) is 25.3 Å². The quantitative estimate of drug-likeness (QED) is 0.584. The van der Waals surface area contributed by atoms with Crippen LogP contribution in [0.1, 0.15) is 36.8 Å². The van der Waals surface area contributed by atoms with Crippen molar-refractivity contribution in [3.63, 3.8) is 0 Å². The standard InChI is InChI=1S/C24H28N4O4/c1-31-22-15-18(16-25)9-10-21(22)32-13-5-8-23(29)26-17-19-6-4-7-20(14-19)27-24(30)28-11-2-3-12-28/h4,6-7,9-10,14-15H,2-3,5,8,11-13,17H2,1H3,(H,26,29)(H,27,30). The number of carbonyl (C=O) groups is 2. The molecule has 1 fully saturated rings. The fourth-order valence-electron chi connectivity index (χ4n) is 3.44. The van der Waals surface area contributed by atoms with Crippen molar-refractivity contribution in [3.8, 4) is 17.6 Å². The second-order valence-electron chi connectivity index (χ2n) is 7.53. The molecule has 0 aromatic heterocycles. The summed E-state index contributed by atoms with van der Waals surface area (Å²) in [5.41, 5.74) is 2.13. The Morgan fingerprint density at radius 3 is 2.69 bits per heavy atom. The molecule has 0 aliphatic carbocycles. The van der Waals surface area contributed by atoms with Crippen LogP contribution in [0.5, 0.6) is 11.5 Å². The zero-order chi connectivity index (χ0) is 22.8. The second-order valence-corrected chi connectivity index (χ2v) is 7.53. The Balaban J connectivity index is 1.39. The summed E-state index contributed by atoms with van der Waals surface area (Å²) in [7, 11) is 1.52. The van der Waals surface area contributed by atoms with Gasteiger partial charge in [-0.05, 0) is 49.1 Å². The van der Waals surface area contributed by atoms with Crippen molar-refractivity contribution >= 4 is 17.6 Å². The molecule has 2 aromatic rings. The van der Waals surface area contributed by atoms with Crippen LogP contribution in [0.4, 0.5) is 10.5 Å². The molecule has 1 aliphatic heterocycles. The molecule has 168 valence electrons. The molecule has 0 unspecified atom stereocenters. The third kappa shape index (κ3) is 6.64. The number of likely N-dealkylation sites (tertiary alicyclic amines) is 1. The van der Waals surface area contributed by atoms with Gasteiger partial charge in [-0.15, -0.1) is 0 Å². The van der Waals surface area contributed by atoms with Gasteiger partial charge in [0.15, 0.2) is 11.5 Å². The van der Waals surface area contributed by atoms with Gasteiger partial charge >= 0.3 is 6.03 Å². The van der Waals surface area contributed by atoms with Crippen molar-refractivity contribution in [3.05, 3.63) is 53.6 Å². The van der Waals surface area contributed by atoms with Crippen LogP contribution >= 0.6 is 0 Å². The van der Waals surface area contributed by atoms with E-state index in [2.05, 4.69) is 16.7 Å². The van der Waals surface area contributed by atoms with Crippen LogP contribution in [0.3, 0.4) is 0 Å². The van der Waals surface area contributed by atoms with Gasteiger partial charge in [-0.1, -0.05) is 12.1 Å². The number of ether oxygens (including phenoxy) is 2. The number of nitrogens with one attached hydrogen (secondary N) is 2. The van der Waals surface area contributed by atoms with Crippen LogP contribution in [-0.4, -0.2) is 43.6 Å². The summed E-state index contributed by atoms with van der Waals surface area (Å²) < 4.78 is 10.9. The lowest BCUT2D eigenvalue weighted by atomic mass is 10.2. The molecular formula is C24H28N4O4. The third-order valence-corrected chi connectivity index (χ3v) is 5.16. The lowest BCUT2D eigenvalue weighted by Crippen LogP contribution is -2.32. The monoisotopic (exact) mass is 436 g/mol. The highest BCUT2D eigenvalue weighted by atomic mass is 16.5. The number of hydrogen-bond donors (Lipinski definition) is 2. The van der Waals surface area contributed by atoms with Gasteiger partial charge in [0.1, 0.15) is 0 Å². The Labute approximate surface area is 188 Å². The Hall–Kier alpha value is -3.73. The molecule has 8 nitrogen and oxygen atoms in total. The van der Waals surface area contributed by atoms with E-state index in [1.54, 1.807) is 18.2 Å². The number of urea groups is 1. The van der Waals surface area contributed by atoms with E-state index in [4.69, 9.17) is 14.7 Å². The number of carbonyl (C=O) groups excluding carboxylic acids is 2. The maximum Gasteiger partial charge on any atom is 0.321 e. The molecular weight excluding hydrogens is 408 g/mol. The van der Waals surface area contributed by atoms with Crippen LogP contribution in [0.2, 0.25) is 0 Å². The highest BCUT2D eigenvalue weighted by molar-refractivity contribution is 5.89. The van der Waals surface area contributed by atoms with E-state index in [-0.39, 0.29) is 11.9 Å². The van der Waals surface area contributed by atoms with Gasteiger partial charge in [0.2, 0.25) is 5.91 Å². The zero-order valence-corrected chi connectivity index (χ0v) is 18.2. The number of nitriles is 1. The number of anilines is 1. The molecule has 0 spiro atoms. The van der Waals surface area contributed by atoms with Gasteiger partial charge < -0.3 is 25.0 Å². The van der Waals surface area contributed by atoms with Crippen molar-refractivity contribution in [2.75, 3.05) is 32.1 Å². The predicted octanol–water partition coefficient (Wildman–Crippen LogP) is 3.67. The lowest BCUT2D eigenvalue weighted by Gasteiger charge is -2.16. The molecule has 0 bridgehead atoms. The number of hydrogen-bond acceptors (Lipinski definition) is 5. The number of rotatable bonds is 9. The smallest absolute Gasteiger partial charge is 0.321 e. The molecule has 1 aliphatic rings. The van der Waals surface area contributed by atoms with E-state index in [1.165, 1.54) is 7.11 Å². The molecule has 8 heteroatoms. The minimum atomic E-state index is -0.0809. The van der Waals surface area contributed by atoms with Crippen LogP contribution in [0.25, 0.3) is 0 Å². The molecule has 32 heavy (non-hydrogen) atoms. The van der Waals surface area contributed by atoms with Crippen LogP contribution in [0, 0.1) is 11.3 Å². The van der Waals surface area contributed by atoms with E-state index in [9.17, 15) is 9.59 Å². The maximum absolute atomic E-state index is 12.2. The topological polar surface area (TPSA) is 104 Å². The Morgan fingerprint density at radius 2 is 1.94 bits per heavy atom. The van der Waals surface area contributed by atoms with Gasteiger partial charge in [-0.3, -0.25) is 4.79 Å². The fraction of sp³-hybridized carbons (Fsp3) is 0.375. The molecule has 3 amide bonds. The Morgan fingerprint density at radius 1 is 1.12 bits per heavy atom. The molecule has 2 aromatic carbocycles. The highest BCUT2D eigenvalue weighted by Gasteiger charge is 2.17. The summed E-state index contributed by atoms with van der Waals surface area (Å²) in [6.07, 6.45) is 2.96. The first kappa shape index (κ1) is 22.9. The van der Waals surface area contributed by atoms with Crippen molar-refractivity contribution in [1.82, 2.24) is 10.2 Å². The summed E-state index contributed by atoms with van der Waals surface area (Å²) in [6, 6.07) is 14.4. The summed E-state index contributed by atoms with van der Waals surface area (Å²) in [4.78, 5) is 26.2.